The number of ether oxygens (including phenoxy) is 3. The Labute approximate surface area is 210 Å². The zero-order valence-electron chi connectivity index (χ0n) is 19.9. The smallest absolute Gasteiger partial charge is 0.266 e. The van der Waals surface area contributed by atoms with Crippen LogP contribution in [0.15, 0.2) is 66.2 Å². The molecule has 0 fully saturated rings. The summed E-state index contributed by atoms with van der Waals surface area (Å²) in [4.78, 5) is 12.7. The summed E-state index contributed by atoms with van der Waals surface area (Å²) in [6, 6.07) is 20.3. The van der Waals surface area contributed by atoms with Crippen molar-refractivity contribution in [2.45, 2.75) is 26.9 Å². The second kappa shape index (κ2) is 12.5. The number of hydrogen-bond acceptors (Lipinski definition) is 5. The van der Waals surface area contributed by atoms with Gasteiger partial charge in [-0.1, -0.05) is 48.4 Å². The number of rotatable bonds is 10. The molecule has 1 amide bonds. The highest BCUT2D eigenvalue weighted by atomic mass is 35.5. The lowest BCUT2D eigenvalue weighted by Crippen LogP contribution is -2.13. The second-order valence-corrected chi connectivity index (χ2v) is 8.21. The number of aryl methyl sites for hydroxylation is 1. The number of amides is 1. The van der Waals surface area contributed by atoms with E-state index in [1.807, 2.05) is 44.2 Å². The molecule has 3 aromatic rings. The minimum absolute atomic E-state index is 0.0787. The van der Waals surface area contributed by atoms with Gasteiger partial charge in [-0.15, -0.1) is 0 Å². The van der Waals surface area contributed by atoms with Gasteiger partial charge in [0, 0.05) is 5.69 Å². The predicted molar refractivity (Wildman–Crippen MR) is 138 cm³/mol. The van der Waals surface area contributed by atoms with E-state index in [4.69, 9.17) is 25.8 Å². The summed E-state index contributed by atoms with van der Waals surface area (Å²) in [5.41, 5.74) is 3.27. The third-order valence-electron chi connectivity index (χ3n) is 5.02. The highest BCUT2D eigenvalue weighted by Gasteiger charge is 2.14. The van der Waals surface area contributed by atoms with E-state index in [0.717, 1.165) is 12.0 Å². The molecule has 180 valence electrons. The summed E-state index contributed by atoms with van der Waals surface area (Å²) in [5.74, 6) is 0.992. The summed E-state index contributed by atoms with van der Waals surface area (Å²) in [6.07, 6.45) is 2.27. The fraction of sp³-hybridized carbons (Fsp3) is 0.214. The summed E-state index contributed by atoms with van der Waals surface area (Å²) >= 11 is 6.34. The van der Waals surface area contributed by atoms with Crippen LogP contribution in [0.3, 0.4) is 0 Å². The number of nitrogens with one attached hydrogen (secondary N) is 1. The minimum Gasteiger partial charge on any atom is -0.493 e. The Balaban J connectivity index is 1.67. The van der Waals surface area contributed by atoms with Crippen LogP contribution in [0, 0.1) is 18.3 Å². The average Bonchev–Trinajstić information content (AvgIpc) is 2.86. The first-order valence-corrected chi connectivity index (χ1v) is 11.5. The molecule has 0 saturated carbocycles. The molecular formula is C28H27ClN2O4. The normalized spacial score (nSPS) is 10.9. The van der Waals surface area contributed by atoms with E-state index in [2.05, 4.69) is 5.32 Å². The fourth-order valence-corrected chi connectivity index (χ4v) is 3.44. The average molecular weight is 491 g/mol. The molecule has 0 saturated heterocycles. The number of anilines is 1. The zero-order valence-corrected chi connectivity index (χ0v) is 20.7. The maximum Gasteiger partial charge on any atom is 0.266 e. The molecule has 6 nitrogen and oxygen atoms in total. The predicted octanol–water partition coefficient (Wildman–Crippen LogP) is 6.57. The first-order chi connectivity index (χ1) is 16.9. The standard InChI is InChI=1S/C28H27ClN2O4/c1-4-13-34-27-25(29)15-21(16-26(27)33-3)14-22(17-30)28(32)31-23-9-11-24(12-10-23)35-18-20-7-5-19(2)6-8-20/h5-12,14-16H,4,13,18H2,1-3H3,(H,31,32)/b22-14+. The van der Waals surface area contributed by atoms with Gasteiger partial charge in [0.25, 0.3) is 5.91 Å². The van der Waals surface area contributed by atoms with E-state index in [1.54, 1.807) is 36.4 Å². The first kappa shape index (κ1) is 25.7. The molecule has 1 N–H and O–H groups in total. The molecule has 0 aliphatic carbocycles. The van der Waals surface area contributed by atoms with Gasteiger partial charge in [-0.25, -0.2) is 0 Å². The summed E-state index contributed by atoms with van der Waals surface area (Å²) in [7, 11) is 1.50. The molecule has 0 radical (unpaired) electrons. The van der Waals surface area contributed by atoms with Gasteiger partial charge in [-0.05, 0) is 66.9 Å². The molecule has 0 atom stereocenters. The number of hydrogen-bond donors (Lipinski definition) is 1. The van der Waals surface area contributed by atoms with Crippen molar-refractivity contribution in [1.82, 2.24) is 0 Å². The van der Waals surface area contributed by atoms with E-state index in [-0.39, 0.29) is 5.57 Å². The summed E-state index contributed by atoms with van der Waals surface area (Å²) in [6.45, 7) is 4.96. The van der Waals surface area contributed by atoms with E-state index in [9.17, 15) is 10.1 Å². The Bertz CT molecular complexity index is 1230. The Hall–Kier alpha value is -3.95. The molecule has 0 bridgehead atoms. The number of halogens is 1. The van der Waals surface area contributed by atoms with E-state index in [1.165, 1.54) is 18.7 Å². The van der Waals surface area contributed by atoms with E-state index < -0.39 is 5.91 Å². The van der Waals surface area contributed by atoms with Gasteiger partial charge in [0.15, 0.2) is 11.5 Å². The Morgan fingerprint density at radius 1 is 1.09 bits per heavy atom. The van der Waals surface area contributed by atoms with Crippen LogP contribution in [-0.2, 0) is 11.4 Å². The van der Waals surface area contributed by atoms with Gasteiger partial charge in [0.2, 0.25) is 0 Å². The molecule has 0 aromatic heterocycles. The molecular weight excluding hydrogens is 464 g/mol. The monoisotopic (exact) mass is 490 g/mol. The van der Waals surface area contributed by atoms with Crippen molar-refractivity contribution >= 4 is 29.3 Å². The number of nitrogens with zero attached hydrogens (tertiary/aromatic N) is 1. The van der Waals surface area contributed by atoms with E-state index in [0.29, 0.717) is 46.7 Å². The lowest BCUT2D eigenvalue weighted by molar-refractivity contribution is -0.112. The number of nitriles is 1. The number of benzene rings is 3. The van der Waals surface area contributed by atoms with Crippen LogP contribution in [0.1, 0.15) is 30.0 Å². The van der Waals surface area contributed by atoms with Crippen LogP contribution in [-0.4, -0.2) is 19.6 Å². The quantitative estimate of drug-likeness (QED) is 0.257. The molecule has 0 heterocycles. The van der Waals surface area contributed by atoms with Crippen molar-refractivity contribution in [3.63, 3.8) is 0 Å². The molecule has 0 aliphatic heterocycles. The molecule has 3 rings (SSSR count). The maximum atomic E-state index is 12.7. The number of methoxy groups -OCH3 is 1. The van der Waals surface area contributed by atoms with Crippen LogP contribution in [0.5, 0.6) is 17.2 Å². The van der Waals surface area contributed by atoms with Crippen molar-refractivity contribution in [1.29, 1.82) is 5.26 Å². The topological polar surface area (TPSA) is 80.6 Å². The number of carbonyl (C=O) groups is 1. The van der Waals surface area contributed by atoms with Crippen LogP contribution in [0.4, 0.5) is 5.69 Å². The fourth-order valence-electron chi connectivity index (χ4n) is 3.17. The lowest BCUT2D eigenvalue weighted by atomic mass is 10.1. The Kier molecular flexibility index (Phi) is 9.16. The van der Waals surface area contributed by atoms with Gasteiger partial charge in [0.1, 0.15) is 24.0 Å². The Morgan fingerprint density at radius 2 is 1.80 bits per heavy atom. The van der Waals surface area contributed by atoms with Gasteiger partial charge in [0.05, 0.1) is 18.7 Å². The van der Waals surface area contributed by atoms with Crippen molar-refractivity contribution in [3.05, 3.63) is 87.9 Å². The highest BCUT2D eigenvalue weighted by molar-refractivity contribution is 6.32. The lowest BCUT2D eigenvalue weighted by Gasteiger charge is -2.13. The molecule has 0 aliphatic rings. The number of carbonyl (C=O) groups excluding carboxylic acids is 1. The van der Waals surface area contributed by atoms with Crippen molar-refractivity contribution < 1.29 is 19.0 Å². The molecule has 3 aromatic carbocycles. The van der Waals surface area contributed by atoms with Gasteiger partial charge >= 0.3 is 0 Å². The van der Waals surface area contributed by atoms with Gasteiger partial charge < -0.3 is 19.5 Å². The van der Waals surface area contributed by atoms with Crippen LogP contribution >= 0.6 is 11.6 Å². The maximum absolute atomic E-state index is 12.7. The minimum atomic E-state index is -0.540. The van der Waals surface area contributed by atoms with Crippen molar-refractivity contribution in [3.8, 4) is 23.3 Å². The largest absolute Gasteiger partial charge is 0.493 e. The zero-order chi connectivity index (χ0) is 25.2. The molecule has 35 heavy (non-hydrogen) atoms. The van der Waals surface area contributed by atoms with E-state index >= 15 is 0 Å². The Morgan fingerprint density at radius 3 is 2.43 bits per heavy atom. The van der Waals surface area contributed by atoms with Crippen LogP contribution < -0.4 is 19.5 Å². The SMILES string of the molecule is CCCOc1c(Cl)cc(/C=C(\C#N)C(=O)Nc2ccc(OCc3ccc(C)cc3)cc2)cc1OC. The summed E-state index contributed by atoms with van der Waals surface area (Å²) < 4.78 is 16.8. The van der Waals surface area contributed by atoms with Crippen molar-refractivity contribution in [2.75, 3.05) is 19.0 Å². The second-order valence-electron chi connectivity index (χ2n) is 7.81. The van der Waals surface area contributed by atoms with Gasteiger partial charge in [-0.2, -0.15) is 5.26 Å². The third kappa shape index (κ3) is 7.26. The molecule has 7 heteroatoms. The molecule has 0 unspecified atom stereocenters. The highest BCUT2D eigenvalue weighted by Crippen LogP contribution is 2.37. The van der Waals surface area contributed by atoms with Crippen LogP contribution in [0.25, 0.3) is 6.08 Å². The van der Waals surface area contributed by atoms with Gasteiger partial charge in [-0.3, -0.25) is 4.79 Å². The van der Waals surface area contributed by atoms with Crippen molar-refractivity contribution in [2.24, 2.45) is 0 Å². The van der Waals surface area contributed by atoms with Crippen LogP contribution in [0.2, 0.25) is 5.02 Å². The summed E-state index contributed by atoms with van der Waals surface area (Å²) in [5, 5.41) is 12.6. The molecule has 0 spiro atoms. The third-order valence-corrected chi connectivity index (χ3v) is 5.30. The first-order valence-electron chi connectivity index (χ1n) is 11.2.